The van der Waals surface area contributed by atoms with E-state index < -0.39 is 14.8 Å². The van der Waals surface area contributed by atoms with E-state index in [0.29, 0.717) is 30.8 Å². The molecule has 0 unspecified atom stereocenters. The molecule has 0 aliphatic carbocycles. The van der Waals surface area contributed by atoms with Crippen LogP contribution >= 0.6 is 11.8 Å². The first-order valence-corrected chi connectivity index (χ1v) is 9.13. The highest BCUT2D eigenvalue weighted by molar-refractivity contribution is 8.00. The van der Waals surface area contributed by atoms with Gasteiger partial charge in [-0.15, -0.1) is 11.8 Å². The van der Waals surface area contributed by atoms with Crippen molar-refractivity contribution in [2.45, 2.75) is 29.4 Å². The van der Waals surface area contributed by atoms with Crippen LogP contribution in [0, 0.1) is 18.3 Å². The van der Waals surface area contributed by atoms with Gasteiger partial charge < -0.3 is 0 Å². The Labute approximate surface area is 124 Å². The number of aryl methyl sites for hydroxylation is 1. The van der Waals surface area contributed by atoms with Crippen molar-refractivity contribution < 1.29 is 8.42 Å². The summed E-state index contributed by atoms with van der Waals surface area (Å²) in [4.78, 5) is 0.330. The van der Waals surface area contributed by atoms with Gasteiger partial charge in [0.2, 0.25) is 10.0 Å². The van der Waals surface area contributed by atoms with Gasteiger partial charge in [0.1, 0.15) is 4.75 Å². The lowest BCUT2D eigenvalue weighted by atomic mass is 9.99. The van der Waals surface area contributed by atoms with Crippen molar-refractivity contribution in [3.8, 4) is 6.07 Å². The number of piperidine rings is 1. The number of benzene rings is 1. The first-order chi connectivity index (χ1) is 9.43. The van der Waals surface area contributed by atoms with Crippen LogP contribution in [0.1, 0.15) is 18.4 Å². The molecule has 0 aromatic heterocycles. The van der Waals surface area contributed by atoms with E-state index in [-0.39, 0.29) is 0 Å². The lowest BCUT2D eigenvalue weighted by Crippen LogP contribution is -2.44. The molecular weight excluding hydrogens is 292 g/mol. The highest BCUT2D eigenvalue weighted by atomic mass is 32.2. The van der Waals surface area contributed by atoms with E-state index in [1.807, 2.05) is 13.2 Å². The van der Waals surface area contributed by atoms with Gasteiger partial charge >= 0.3 is 0 Å². The summed E-state index contributed by atoms with van der Waals surface area (Å²) < 4.78 is 26.1. The molecule has 0 spiro atoms. The second kappa shape index (κ2) is 5.76. The number of hydrogen-bond donors (Lipinski definition) is 0. The molecule has 0 saturated carbocycles. The van der Waals surface area contributed by atoms with Crippen LogP contribution in [-0.4, -0.2) is 36.8 Å². The lowest BCUT2D eigenvalue weighted by molar-refractivity contribution is 0.327. The highest BCUT2D eigenvalue weighted by Gasteiger charge is 2.38. The van der Waals surface area contributed by atoms with Crippen molar-refractivity contribution in [2.75, 3.05) is 19.3 Å². The molecule has 2 rings (SSSR count). The first kappa shape index (κ1) is 15.4. The molecule has 6 heteroatoms. The van der Waals surface area contributed by atoms with E-state index in [9.17, 15) is 13.7 Å². The number of nitrogens with zero attached hydrogens (tertiary/aromatic N) is 2. The van der Waals surface area contributed by atoms with Gasteiger partial charge in [0.25, 0.3) is 0 Å². The van der Waals surface area contributed by atoms with Crippen molar-refractivity contribution in [3.05, 3.63) is 29.8 Å². The standard InChI is InChI=1S/C14H18N2O2S2/c1-12-3-5-13(6-4-12)20(17,18)16-9-7-14(11-15,19-2)8-10-16/h3-6H,7-10H2,1-2H3. The Morgan fingerprint density at radius 1 is 1.25 bits per heavy atom. The molecule has 1 heterocycles. The maximum absolute atomic E-state index is 12.5. The van der Waals surface area contributed by atoms with Crippen molar-refractivity contribution >= 4 is 21.8 Å². The summed E-state index contributed by atoms with van der Waals surface area (Å²) in [5.41, 5.74) is 1.04. The van der Waals surface area contributed by atoms with E-state index in [2.05, 4.69) is 6.07 Å². The zero-order valence-corrected chi connectivity index (χ0v) is 13.3. The van der Waals surface area contributed by atoms with Crippen molar-refractivity contribution in [2.24, 2.45) is 0 Å². The maximum Gasteiger partial charge on any atom is 0.243 e. The minimum atomic E-state index is -3.43. The molecule has 1 aliphatic heterocycles. The Hall–Kier alpha value is -1.03. The van der Waals surface area contributed by atoms with Gasteiger partial charge in [-0.25, -0.2) is 8.42 Å². The number of nitriles is 1. The molecule has 0 radical (unpaired) electrons. The van der Waals surface area contributed by atoms with Crippen LogP contribution in [0.2, 0.25) is 0 Å². The average molecular weight is 310 g/mol. The Balaban J connectivity index is 2.18. The van der Waals surface area contributed by atoms with E-state index in [4.69, 9.17) is 0 Å². The first-order valence-electron chi connectivity index (χ1n) is 6.47. The summed E-state index contributed by atoms with van der Waals surface area (Å²) in [6, 6.07) is 9.22. The summed E-state index contributed by atoms with van der Waals surface area (Å²) in [7, 11) is -3.43. The summed E-state index contributed by atoms with van der Waals surface area (Å²) in [5, 5.41) is 9.24. The number of hydrogen-bond acceptors (Lipinski definition) is 4. The molecule has 0 atom stereocenters. The SMILES string of the molecule is CSC1(C#N)CCN(S(=O)(=O)c2ccc(C)cc2)CC1. The number of thioether (sulfide) groups is 1. The largest absolute Gasteiger partial charge is 0.243 e. The minimum absolute atomic E-state index is 0.330. The van der Waals surface area contributed by atoms with Crippen LogP contribution < -0.4 is 0 Å². The zero-order valence-electron chi connectivity index (χ0n) is 11.7. The van der Waals surface area contributed by atoms with Crippen LogP contribution in [0.5, 0.6) is 0 Å². The van der Waals surface area contributed by atoms with Crippen molar-refractivity contribution in [1.82, 2.24) is 4.31 Å². The summed E-state index contributed by atoms with van der Waals surface area (Å²) in [5.74, 6) is 0. The topological polar surface area (TPSA) is 61.2 Å². The molecule has 1 saturated heterocycles. The van der Waals surface area contributed by atoms with Crippen LogP contribution in [-0.2, 0) is 10.0 Å². The molecular formula is C14H18N2O2S2. The van der Waals surface area contributed by atoms with Gasteiger partial charge in [0.05, 0.1) is 11.0 Å². The molecule has 4 nitrogen and oxygen atoms in total. The van der Waals surface area contributed by atoms with E-state index >= 15 is 0 Å². The van der Waals surface area contributed by atoms with E-state index in [0.717, 1.165) is 5.56 Å². The third kappa shape index (κ3) is 2.85. The predicted octanol–water partition coefficient (Wildman–Crippen LogP) is 2.40. The molecule has 0 N–H and O–H groups in total. The van der Waals surface area contributed by atoms with Crippen LogP contribution in [0.25, 0.3) is 0 Å². The molecule has 0 amide bonds. The molecule has 0 bridgehead atoms. The Kier molecular flexibility index (Phi) is 4.43. The fraction of sp³-hybridized carbons (Fsp3) is 0.500. The predicted molar refractivity (Wildman–Crippen MR) is 81.0 cm³/mol. The second-order valence-electron chi connectivity index (χ2n) is 5.03. The van der Waals surface area contributed by atoms with Gasteiger partial charge in [-0.1, -0.05) is 17.7 Å². The smallest absolute Gasteiger partial charge is 0.207 e. The number of sulfonamides is 1. The maximum atomic E-state index is 12.5. The van der Waals surface area contributed by atoms with Crippen molar-refractivity contribution in [3.63, 3.8) is 0 Å². The Morgan fingerprint density at radius 3 is 2.25 bits per heavy atom. The fourth-order valence-electron chi connectivity index (χ4n) is 2.31. The summed E-state index contributed by atoms with van der Waals surface area (Å²) >= 11 is 1.52. The zero-order chi connectivity index (χ0) is 14.8. The molecule has 1 aliphatic rings. The molecule has 1 aromatic carbocycles. The van der Waals surface area contributed by atoms with Crippen LogP contribution in [0.4, 0.5) is 0 Å². The van der Waals surface area contributed by atoms with E-state index in [1.165, 1.54) is 16.1 Å². The van der Waals surface area contributed by atoms with Gasteiger partial charge in [-0.2, -0.15) is 9.57 Å². The molecule has 108 valence electrons. The van der Waals surface area contributed by atoms with Crippen LogP contribution in [0.15, 0.2) is 29.2 Å². The minimum Gasteiger partial charge on any atom is -0.207 e. The summed E-state index contributed by atoms with van der Waals surface area (Å²) in [6.07, 6.45) is 3.07. The number of rotatable bonds is 3. The van der Waals surface area contributed by atoms with Crippen molar-refractivity contribution in [1.29, 1.82) is 5.26 Å². The molecule has 20 heavy (non-hydrogen) atoms. The van der Waals surface area contributed by atoms with E-state index in [1.54, 1.807) is 24.3 Å². The Morgan fingerprint density at radius 2 is 1.80 bits per heavy atom. The fourth-order valence-corrected chi connectivity index (χ4v) is 4.43. The summed E-state index contributed by atoms with van der Waals surface area (Å²) in [6.45, 7) is 2.74. The highest BCUT2D eigenvalue weighted by Crippen LogP contribution is 2.35. The van der Waals surface area contributed by atoms with Gasteiger partial charge in [0, 0.05) is 13.1 Å². The van der Waals surface area contributed by atoms with Gasteiger partial charge in [0.15, 0.2) is 0 Å². The van der Waals surface area contributed by atoms with Gasteiger partial charge in [-0.3, -0.25) is 0 Å². The third-order valence-corrected chi connectivity index (χ3v) is 6.98. The quantitative estimate of drug-likeness (QED) is 0.860. The monoisotopic (exact) mass is 310 g/mol. The molecule has 1 fully saturated rings. The average Bonchev–Trinajstić information content (AvgIpc) is 2.47. The molecule has 1 aromatic rings. The normalized spacial score (nSPS) is 19.4. The third-order valence-electron chi connectivity index (χ3n) is 3.78. The van der Waals surface area contributed by atoms with Crippen LogP contribution in [0.3, 0.4) is 0 Å². The lowest BCUT2D eigenvalue weighted by Gasteiger charge is -2.35. The second-order valence-corrected chi connectivity index (χ2v) is 8.16. The Bertz CT molecular complexity index is 610. The van der Waals surface area contributed by atoms with Gasteiger partial charge in [-0.05, 0) is 38.2 Å².